The molecule has 1 amide bonds. The van der Waals surface area contributed by atoms with Crippen LogP contribution in [0.1, 0.15) is 54.9 Å². The zero-order valence-electron chi connectivity index (χ0n) is 18.6. The third kappa shape index (κ3) is 3.79. The van der Waals surface area contributed by atoms with E-state index in [4.69, 9.17) is 0 Å². The maximum atomic E-state index is 12.9. The standard InChI is InChI=1S/C27H28N4O/c1-3-31-26(29-30-27(31)22-16-20-10-4-5-11-21(20)17-22)18(2)15-25(32)28-24-14-8-12-19-9-6-7-13-23(19)24/h4-14,18,22H,3,15-17H2,1-2H3,(H,28,32)/t18-/m0/s1. The van der Waals surface area contributed by atoms with Crippen LogP contribution in [0.4, 0.5) is 5.69 Å². The highest BCUT2D eigenvalue weighted by Crippen LogP contribution is 2.34. The molecule has 1 N–H and O–H groups in total. The minimum Gasteiger partial charge on any atom is -0.325 e. The van der Waals surface area contributed by atoms with E-state index in [2.05, 4.69) is 70.3 Å². The van der Waals surface area contributed by atoms with Crippen molar-refractivity contribution >= 4 is 22.4 Å². The maximum Gasteiger partial charge on any atom is 0.225 e. The molecule has 0 saturated heterocycles. The van der Waals surface area contributed by atoms with Gasteiger partial charge in [-0.1, -0.05) is 67.6 Å². The predicted molar refractivity (Wildman–Crippen MR) is 128 cm³/mol. The smallest absolute Gasteiger partial charge is 0.225 e. The Balaban J connectivity index is 1.31. The minimum atomic E-state index is -0.0186. The summed E-state index contributed by atoms with van der Waals surface area (Å²) in [6, 6.07) is 22.7. The summed E-state index contributed by atoms with van der Waals surface area (Å²) in [7, 11) is 0. The Morgan fingerprint density at radius 1 is 1.00 bits per heavy atom. The summed E-state index contributed by atoms with van der Waals surface area (Å²) < 4.78 is 2.21. The number of anilines is 1. The van der Waals surface area contributed by atoms with Crippen molar-refractivity contribution in [3.8, 4) is 0 Å². The number of benzene rings is 3. The zero-order valence-corrected chi connectivity index (χ0v) is 18.6. The Labute approximate surface area is 188 Å². The van der Waals surface area contributed by atoms with Gasteiger partial charge in [-0.3, -0.25) is 4.79 Å². The molecule has 1 heterocycles. The number of fused-ring (bicyclic) bond motifs is 2. The van der Waals surface area contributed by atoms with Gasteiger partial charge in [0.25, 0.3) is 0 Å². The molecule has 1 aliphatic rings. The van der Waals surface area contributed by atoms with Crippen molar-refractivity contribution in [2.45, 2.75) is 51.5 Å². The fraction of sp³-hybridized carbons (Fsp3) is 0.296. The molecule has 4 aromatic rings. The Hall–Kier alpha value is -3.47. The van der Waals surface area contributed by atoms with Crippen LogP contribution < -0.4 is 5.32 Å². The van der Waals surface area contributed by atoms with Crippen LogP contribution in [0.25, 0.3) is 10.8 Å². The van der Waals surface area contributed by atoms with Crippen LogP contribution in [-0.4, -0.2) is 20.7 Å². The summed E-state index contributed by atoms with van der Waals surface area (Å²) in [4.78, 5) is 12.9. The van der Waals surface area contributed by atoms with Gasteiger partial charge in [0.1, 0.15) is 11.6 Å². The van der Waals surface area contributed by atoms with Crippen molar-refractivity contribution in [3.05, 3.63) is 89.5 Å². The fourth-order valence-corrected chi connectivity index (χ4v) is 4.96. The van der Waals surface area contributed by atoms with Gasteiger partial charge in [-0.15, -0.1) is 10.2 Å². The van der Waals surface area contributed by atoms with Crippen LogP contribution in [0.15, 0.2) is 66.7 Å². The van der Waals surface area contributed by atoms with Crippen molar-refractivity contribution in [2.75, 3.05) is 5.32 Å². The monoisotopic (exact) mass is 424 g/mol. The maximum absolute atomic E-state index is 12.9. The molecule has 0 unspecified atom stereocenters. The van der Waals surface area contributed by atoms with Gasteiger partial charge in [0.05, 0.1) is 0 Å². The van der Waals surface area contributed by atoms with Crippen LogP contribution in [0.2, 0.25) is 0 Å². The molecule has 1 atom stereocenters. The van der Waals surface area contributed by atoms with Crippen LogP contribution in [0.5, 0.6) is 0 Å². The van der Waals surface area contributed by atoms with Crippen LogP contribution >= 0.6 is 0 Å². The van der Waals surface area contributed by atoms with E-state index in [9.17, 15) is 4.79 Å². The van der Waals surface area contributed by atoms with Crippen LogP contribution in [0, 0.1) is 0 Å². The number of amides is 1. The molecule has 5 heteroatoms. The quantitative estimate of drug-likeness (QED) is 0.447. The van der Waals surface area contributed by atoms with E-state index in [1.54, 1.807) is 0 Å². The summed E-state index contributed by atoms with van der Waals surface area (Å²) in [6.45, 7) is 4.99. The molecule has 0 radical (unpaired) electrons. The number of nitrogens with one attached hydrogen (secondary N) is 1. The van der Waals surface area contributed by atoms with Gasteiger partial charge in [0, 0.05) is 35.9 Å². The SMILES string of the molecule is CCn1c(C2Cc3ccccc3C2)nnc1[C@@H](C)CC(=O)Nc1cccc2ccccc12. The van der Waals surface area contributed by atoms with E-state index in [-0.39, 0.29) is 11.8 Å². The number of aromatic nitrogens is 3. The van der Waals surface area contributed by atoms with E-state index < -0.39 is 0 Å². The van der Waals surface area contributed by atoms with E-state index in [1.165, 1.54) is 11.1 Å². The molecule has 0 saturated carbocycles. The molecule has 3 aromatic carbocycles. The number of nitrogens with zero attached hydrogens (tertiary/aromatic N) is 3. The first kappa shape index (κ1) is 20.4. The van der Waals surface area contributed by atoms with E-state index >= 15 is 0 Å². The number of hydrogen-bond acceptors (Lipinski definition) is 3. The molecule has 1 aliphatic carbocycles. The lowest BCUT2D eigenvalue weighted by Gasteiger charge is -2.16. The van der Waals surface area contributed by atoms with E-state index in [0.717, 1.165) is 47.5 Å². The number of carbonyl (C=O) groups is 1. The first-order valence-corrected chi connectivity index (χ1v) is 11.4. The van der Waals surface area contributed by atoms with Crippen LogP contribution in [0.3, 0.4) is 0 Å². The molecule has 5 nitrogen and oxygen atoms in total. The molecular weight excluding hydrogens is 396 g/mol. The summed E-state index contributed by atoms with van der Waals surface area (Å²) in [6.07, 6.45) is 2.38. The lowest BCUT2D eigenvalue weighted by atomic mass is 10.0. The molecule has 0 fully saturated rings. The largest absolute Gasteiger partial charge is 0.325 e. The molecule has 0 bridgehead atoms. The van der Waals surface area contributed by atoms with Crippen molar-refractivity contribution in [3.63, 3.8) is 0 Å². The summed E-state index contributed by atoms with van der Waals surface area (Å²) in [5, 5.41) is 14.4. The predicted octanol–water partition coefficient (Wildman–Crippen LogP) is 5.47. The average molecular weight is 425 g/mol. The van der Waals surface area contributed by atoms with Gasteiger partial charge in [-0.25, -0.2) is 0 Å². The summed E-state index contributed by atoms with van der Waals surface area (Å²) in [5.74, 6) is 2.26. The number of hydrogen-bond donors (Lipinski definition) is 1. The van der Waals surface area contributed by atoms with Gasteiger partial charge in [0.2, 0.25) is 5.91 Å². The zero-order chi connectivity index (χ0) is 22.1. The third-order valence-electron chi connectivity index (χ3n) is 6.54. The second kappa shape index (κ2) is 8.58. The Kier molecular flexibility index (Phi) is 5.48. The van der Waals surface area contributed by atoms with Gasteiger partial charge < -0.3 is 9.88 Å². The van der Waals surface area contributed by atoms with Gasteiger partial charge >= 0.3 is 0 Å². The number of carbonyl (C=O) groups excluding carboxylic acids is 1. The molecular formula is C27H28N4O. The van der Waals surface area contributed by atoms with Crippen LogP contribution in [-0.2, 0) is 24.2 Å². The van der Waals surface area contributed by atoms with Gasteiger partial charge in [-0.05, 0) is 42.3 Å². The highest BCUT2D eigenvalue weighted by Gasteiger charge is 2.29. The topological polar surface area (TPSA) is 59.8 Å². The highest BCUT2D eigenvalue weighted by atomic mass is 16.1. The van der Waals surface area contributed by atoms with Gasteiger partial charge in [-0.2, -0.15) is 0 Å². The summed E-state index contributed by atoms with van der Waals surface area (Å²) >= 11 is 0. The number of rotatable bonds is 6. The molecule has 32 heavy (non-hydrogen) atoms. The average Bonchev–Trinajstić information content (AvgIpc) is 3.43. The van der Waals surface area contributed by atoms with Crippen molar-refractivity contribution in [2.24, 2.45) is 0 Å². The third-order valence-corrected chi connectivity index (χ3v) is 6.54. The fourth-order valence-electron chi connectivity index (χ4n) is 4.96. The lowest BCUT2D eigenvalue weighted by molar-refractivity contribution is -0.116. The Bertz CT molecular complexity index is 1250. The Morgan fingerprint density at radius 3 is 2.44 bits per heavy atom. The second-order valence-electron chi connectivity index (χ2n) is 8.71. The van der Waals surface area contributed by atoms with Crippen molar-refractivity contribution < 1.29 is 4.79 Å². The second-order valence-corrected chi connectivity index (χ2v) is 8.71. The highest BCUT2D eigenvalue weighted by molar-refractivity contribution is 6.02. The minimum absolute atomic E-state index is 0.00525. The van der Waals surface area contributed by atoms with Crippen molar-refractivity contribution in [1.29, 1.82) is 0 Å². The van der Waals surface area contributed by atoms with Crippen molar-refractivity contribution in [1.82, 2.24) is 14.8 Å². The molecule has 0 spiro atoms. The van der Waals surface area contributed by atoms with Gasteiger partial charge in [0.15, 0.2) is 0 Å². The Morgan fingerprint density at radius 2 is 1.69 bits per heavy atom. The molecule has 5 rings (SSSR count). The first-order valence-electron chi connectivity index (χ1n) is 11.4. The summed E-state index contributed by atoms with van der Waals surface area (Å²) in [5.41, 5.74) is 3.67. The van der Waals surface area contributed by atoms with E-state index in [0.29, 0.717) is 12.3 Å². The molecule has 162 valence electrons. The van der Waals surface area contributed by atoms with E-state index in [1.807, 2.05) is 30.3 Å². The lowest BCUT2D eigenvalue weighted by Crippen LogP contribution is -2.18. The first-order chi connectivity index (χ1) is 15.6. The normalized spacial score (nSPS) is 14.4. The molecule has 1 aromatic heterocycles. The molecule has 0 aliphatic heterocycles.